The molecule has 0 aliphatic carbocycles. The van der Waals surface area contributed by atoms with Crippen LogP contribution in [0, 0.1) is 0 Å². The topological polar surface area (TPSA) is 39.9 Å². The molecule has 0 saturated carbocycles. The molecule has 0 bridgehead atoms. The molecule has 4 nitrogen and oxygen atoms in total. The van der Waals surface area contributed by atoms with Gasteiger partial charge in [-0.05, 0) is 24.6 Å². The highest BCUT2D eigenvalue weighted by atomic mass is 16.5. The van der Waals surface area contributed by atoms with Crippen LogP contribution in [0.3, 0.4) is 0 Å². The summed E-state index contributed by atoms with van der Waals surface area (Å²) in [5, 5.41) is 0. The highest BCUT2D eigenvalue weighted by Crippen LogP contribution is 2.19. The standard InChI is InChI=1S/C17H19N3O/c1-3-7-16-19-14-9-4-5-10-15(14)20(16)12-13-8-6-11-17(18-13)21-2/h4-6,8-11H,3,7,12H2,1-2H3. The molecule has 0 unspecified atom stereocenters. The van der Waals surface area contributed by atoms with Crippen molar-refractivity contribution in [3.63, 3.8) is 0 Å². The number of nitrogens with zero attached hydrogens (tertiary/aromatic N) is 3. The van der Waals surface area contributed by atoms with E-state index >= 15 is 0 Å². The second kappa shape index (κ2) is 5.95. The highest BCUT2D eigenvalue weighted by molar-refractivity contribution is 5.76. The van der Waals surface area contributed by atoms with Crippen LogP contribution < -0.4 is 4.74 Å². The first-order chi connectivity index (χ1) is 10.3. The van der Waals surface area contributed by atoms with E-state index in [1.165, 1.54) is 0 Å². The van der Waals surface area contributed by atoms with Crippen molar-refractivity contribution in [3.8, 4) is 5.88 Å². The van der Waals surface area contributed by atoms with Crippen molar-refractivity contribution in [1.29, 1.82) is 0 Å². The largest absolute Gasteiger partial charge is 0.481 e. The van der Waals surface area contributed by atoms with E-state index in [0.717, 1.165) is 35.4 Å². The predicted octanol–water partition coefficient (Wildman–Crippen LogP) is 3.44. The minimum Gasteiger partial charge on any atom is -0.481 e. The first-order valence-electron chi connectivity index (χ1n) is 7.26. The Balaban J connectivity index is 2.03. The Labute approximate surface area is 124 Å². The molecule has 3 aromatic rings. The summed E-state index contributed by atoms with van der Waals surface area (Å²) >= 11 is 0. The number of para-hydroxylation sites is 2. The van der Waals surface area contributed by atoms with E-state index in [1.807, 2.05) is 24.3 Å². The van der Waals surface area contributed by atoms with E-state index < -0.39 is 0 Å². The van der Waals surface area contributed by atoms with Gasteiger partial charge < -0.3 is 9.30 Å². The molecule has 4 heteroatoms. The zero-order chi connectivity index (χ0) is 14.7. The summed E-state index contributed by atoms with van der Waals surface area (Å²) in [5.41, 5.74) is 3.18. The van der Waals surface area contributed by atoms with Crippen molar-refractivity contribution in [2.24, 2.45) is 0 Å². The third-order valence-corrected chi connectivity index (χ3v) is 3.52. The average molecular weight is 281 g/mol. The van der Waals surface area contributed by atoms with Crippen molar-refractivity contribution < 1.29 is 4.74 Å². The summed E-state index contributed by atoms with van der Waals surface area (Å²) in [6.07, 6.45) is 2.05. The fraction of sp³-hybridized carbons (Fsp3) is 0.294. The maximum Gasteiger partial charge on any atom is 0.213 e. The monoisotopic (exact) mass is 281 g/mol. The van der Waals surface area contributed by atoms with Gasteiger partial charge in [0.15, 0.2) is 0 Å². The second-order valence-electron chi connectivity index (χ2n) is 5.02. The number of benzene rings is 1. The zero-order valence-electron chi connectivity index (χ0n) is 12.4. The van der Waals surface area contributed by atoms with Crippen LogP contribution in [0.5, 0.6) is 5.88 Å². The third-order valence-electron chi connectivity index (χ3n) is 3.52. The summed E-state index contributed by atoms with van der Waals surface area (Å²) in [7, 11) is 1.64. The fourth-order valence-electron chi connectivity index (χ4n) is 2.54. The maximum atomic E-state index is 5.20. The molecule has 108 valence electrons. The zero-order valence-corrected chi connectivity index (χ0v) is 12.4. The van der Waals surface area contributed by atoms with Crippen LogP contribution in [0.15, 0.2) is 42.5 Å². The fourth-order valence-corrected chi connectivity index (χ4v) is 2.54. The molecule has 0 amide bonds. The molecule has 0 aliphatic heterocycles. The lowest BCUT2D eigenvalue weighted by molar-refractivity contribution is 0.396. The number of aryl methyl sites for hydroxylation is 1. The van der Waals surface area contributed by atoms with E-state index in [0.29, 0.717) is 12.4 Å². The van der Waals surface area contributed by atoms with Crippen LogP contribution in [0.4, 0.5) is 0 Å². The Bertz CT molecular complexity index is 749. The highest BCUT2D eigenvalue weighted by Gasteiger charge is 2.10. The minimum atomic E-state index is 0.647. The van der Waals surface area contributed by atoms with Crippen LogP contribution in [-0.2, 0) is 13.0 Å². The van der Waals surface area contributed by atoms with Gasteiger partial charge in [0.25, 0.3) is 0 Å². The summed E-state index contributed by atoms with van der Waals surface area (Å²) < 4.78 is 7.45. The van der Waals surface area contributed by atoms with Crippen LogP contribution in [0.25, 0.3) is 11.0 Å². The Morgan fingerprint density at radius 2 is 1.90 bits per heavy atom. The molecule has 0 spiro atoms. The minimum absolute atomic E-state index is 0.647. The maximum absolute atomic E-state index is 5.20. The first-order valence-corrected chi connectivity index (χ1v) is 7.26. The van der Waals surface area contributed by atoms with E-state index in [9.17, 15) is 0 Å². The molecule has 2 heterocycles. The van der Waals surface area contributed by atoms with Gasteiger partial charge in [0.05, 0.1) is 30.4 Å². The molecule has 0 radical (unpaired) electrons. The third kappa shape index (κ3) is 2.75. The average Bonchev–Trinajstić information content (AvgIpc) is 2.86. The van der Waals surface area contributed by atoms with Gasteiger partial charge in [-0.25, -0.2) is 9.97 Å². The Kier molecular flexibility index (Phi) is 3.86. The molecule has 0 saturated heterocycles. The summed E-state index contributed by atoms with van der Waals surface area (Å²) in [4.78, 5) is 9.25. The Hall–Kier alpha value is -2.36. The van der Waals surface area contributed by atoms with Gasteiger partial charge in [-0.2, -0.15) is 0 Å². The predicted molar refractivity (Wildman–Crippen MR) is 83.6 cm³/mol. The van der Waals surface area contributed by atoms with Crippen molar-refractivity contribution in [2.75, 3.05) is 7.11 Å². The molecule has 0 atom stereocenters. The molecular formula is C17H19N3O. The lowest BCUT2D eigenvalue weighted by Crippen LogP contribution is -2.07. The number of fused-ring (bicyclic) bond motifs is 1. The van der Waals surface area contributed by atoms with Crippen molar-refractivity contribution >= 4 is 11.0 Å². The molecule has 0 aliphatic rings. The quantitative estimate of drug-likeness (QED) is 0.719. The van der Waals surface area contributed by atoms with E-state index in [1.54, 1.807) is 7.11 Å². The molecule has 0 fully saturated rings. The van der Waals surface area contributed by atoms with Gasteiger partial charge >= 0.3 is 0 Å². The van der Waals surface area contributed by atoms with Gasteiger partial charge in [0.1, 0.15) is 5.82 Å². The summed E-state index contributed by atoms with van der Waals surface area (Å²) in [5.74, 6) is 1.76. The molecule has 21 heavy (non-hydrogen) atoms. The molecule has 3 rings (SSSR count). The number of methoxy groups -OCH3 is 1. The van der Waals surface area contributed by atoms with Gasteiger partial charge in [-0.15, -0.1) is 0 Å². The SMILES string of the molecule is CCCc1nc2ccccc2n1Cc1cccc(OC)n1. The lowest BCUT2D eigenvalue weighted by Gasteiger charge is -2.09. The van der Waals surface area contributed by atoms with Crippen LogP contribution >= 0.6 is 0 Å². The van der Waals surface area contributed by atoms with Gasteiger partial charge in [0.2, 0.25) is 5.88 Å². The molecule has 1 aromatic carbocycles. The van der Waals surface area contributed by atoms with E-state index in [-0.39, 0.29) is 0 Å². The molecular weight excluding hydrogens is 262 g/mol. The normalized spacial score (nSPS) is 11.0. The molecule has 2 aromatic heterocycles. The van der Waals surface area contributed by atoms with Gasteiger partial charge in [-0.3, -0.25) is 0 Å². The molecule has 0 N–H and O–H groups in total. The van der Waals surface area contributed by atoms with Crippen LogP contribution in [-0.4, -0.2) is 21.6 Å². The second-order valence-corrected chi connectivity index (χ2v) is 5.02. The number of hydrogen-bond acceptors (Lipinski definition) is 3. The van der Waals surface area contributed by atoms with Gasteiger partial charge in [-0.1, -0.05) is 25.1 Å². The van der Waals surface area contributed by atoms with Crippen molar-refractivity contribution in [1.82, 2.24) is 14.5 Å². The number of ether oxygens (including phenoxy) is 1. The Morgan fingerprint density at radius 1 is 1.05 bits per heavy atom. The smallest absolute Gasteiger partial charge is 0.213 e. The van der Waals surface area contributed by atoms with Crippen LogP contribution in [0.1, 0.15) is 24.9 Å². The number of rotatable bonds is 5. The Morgan fingerprint density at radius 3 is 2.71 bits per heavy atom. The number of imidazole rings is 1. The number of pyridine rings is 1. The van der Waals surface area contributed by atoms with E-state index in [2.05, 4.69) is 34.7 Å². The first kappa shape index (κ1) is 13.6. The van der Waals surface area contributed by atoms with Gasteiger partial charge in [0, 0.05) is 12.5 Å². The summed E-state index contributed by atoms with van der Waals surface area (Å²) in [6, 6.07) is 14.1. The van der Waals surface area contributed by atoms with Crippen molar-refractivity contribution in [3.05, 3.63) is 54.0 Å². The summed E-state index contributed by atoms with van der Waals surface area (Å²) in [6.45, 7) is 2.89. The number of aromatic nitrogens is 3. The van der Waals surface area contributed by atoms with E-state index in [4.69, 9.17) is 9.72 Å². The lowest BCUT2D eigenvalue weighted by atomic mass is 10.3. The van der Waals surface area contributed by atoms with Crippen molar-refractivity contribution in [2.45, 2.75) is 26.3 Å². The van der Waals surface area contributed by atoms with Crippen LogP contribution in [0.2, 0.25) is 0 Å². The number of hydrogen-bond donors (Lipinski definition) is 0.